The predicted molar refractivity (Wildman–Crippen MR) is 71.3 cm³/mol. The number of hydrogen-bond acceptors (Lipinski definition) is 4. The van der Waals surface area contributed by atoms with Gasteiger partial charge in [0.1, 0.15) is 5.76 Å². The summed E-state index contributed by atoms with van der Waals surface area (Å²) in [5.41, 5.74) is -4.39. The van der Waals surface area contributed by atoms with Gasteiger partial charge in [0.25, 0.3) is 5.60 Å². The standard InChI is InChI=1S/C15H16F3N3O/c16-15(17,18)14-7-10(22-14)5-6-13(14,8-19)21-9-20-11-3-1-2-4-12(11)21/h5-7,11-12,20H,1-4,9H2/t11-,12-,13?,14?/m1/s1. The van der Waals surface area contributed by atoms with Crippen LogP contribution in [0.2, 0.25) is 0 Å². The Balaban J connectivity index is 1.79. The monoisotopic (exact) mass is 311 g/mol. The van der Waals surface area contributed by atoms with Gasteiger partial charge in [0.2, 0.25) is 0 Å². The van der Waals surface area contributed by atoms with E-state index in [-0.39, 0.29) is 24.5 Å². The number of halogens is 3. The molecule has 0 aromatic rings. The minimum Gasteiger partial charge on any atom is -0.470 e. The number of nitrogens with one attached hydrogen (secondary N) is 1. The summed E-state index contributed by atoms with van der Waals surface area (Å²) in [7, 11) is 0. The van der Waals surface area contributed by atoms with E-state index >= 15 is 0 Å². The molecule has 7 heteroatoms. The molecule has 22 heavy (non-hydrogen) atoms. The van der Waals surface area contributed by atoms with Crippen LogP contribution in [0.3, 0.4) is 0 Å². The summed E-state index contributed by atoms with van der Waals surface area (Å²) in [5.74, 6) is 0.190. The van der Waals surface area contributed by atoms with Crippen molar-refractivity contribution in [3.63, 3.8) is 0 Å². The van der Waals surface area contributed by atoms with Gasteiger partial charge in [-0.2, -0.15) is 18.4 Å². The highest BCUT2D eigenvalue weighted by Gasteiger charge is 2.76. The van der Waals surface area contributed by atoms with Gasteiger partial charge in [-0.05, 0) is 25.0 Å². The Morgan fingerprint density at radius 2 is 2.09 bits per heavy atom. The minimum absolute atomic E-state index is 0.0589. The first-order chi connectivity index (χ1) is 10.4. The van der Waals surface area contributed by atoms with E-state index in [1.54, 1.807) is 4.90 Å². The Labute approximate surface area is 126 Å². The van der Waals surface area contributed by atoms with Gasteiger partial charge in [-0.15, -0.1) is 0 Å². The molecular weight excluding hydrogens is 295 g/mol. The summed E-state index contributed by atoms with van der Waals surface area (Å²) < 4.78 is 46.2. The molecule has 4 atom stereocenters. The van der Waals surface area contributed by atoms with Crippen molar-refractivity contribution in [3.8, 4) is 6.07 Å². The van der Waals surface area contributed by atoms with E-state index in [1.165, 1.54) is 12.2 Å². The maximum absolute atomic E-state index is 13.7. The maximum atomic E-state index is 13.7. The first-order valence-corrected chi connectivity index (χ1v) is 7.53. The first kappa shape index (κ1) is 14.1. The lowest BCUT2D eigenvalue weighted by Gasteiger charge is -2.55. The Hall–Kier alpha value is -1.52. The van der Waals surface area contributed by atoms with E-state index in [0.29, 0.717) is 0 Å². The molecular formula is C15H16F3N3O. The lowest BCUT2D eigenvalue weighted by molar-refractivity contribution is -0.291. The van der Waals surface area contributed by atoms with Crippen molar-refractivity contribution in [2.24, 2.45) is 0 Å². The smallest absolute Gasteiger partial charge is 0.435 e. The number of ether oxygens (including phenoxy) is 1. The normalized spacial score (nSPS) is 43.6. The summed E-state index contributed by atoms with van der Waals surface area (Å²) >= 11 is 0. The van der Waals surface area contributed by atoms with Gasteiger partial charge >= 0.3 is 6.18 Å². The van der Waals surface area contributed by atoms with Crippen LogP contribution in [0.5, 0.6) is 0 Å². The van der Waals surface area contributed by atoms with Gasteiger partial charge in [0, 0.05) is 18.2 Å². The summed E-state index contributed by atoms with van der Waals surface area (Å²) in [6.45, 7) is 0.275. The predicted octanol–water partition coefficient (Wildman–Crippen LogP) is 2.21. The van der Waals surface area contributed by atoms with Crippen LogP contribution < -0.4 is 5.32 Å². The van der Waals surface area contributed by atoms with Crippen LogP contribution in [-0.2, 0) is 4.74 Å². The Bertz CT molecular complexity index is 608. The number of hydrogen-bond donors (Lipinski definition) is 1. The highest BCUT2D eigenvalue weighted by molar-refractivity contribution is 5.50. The second-order valence-corrected chi connectivity index (χ2v) is 6.38. The van der Waals surface area contributed by atoms with Gasteiger partial charge in [-0.25, -0.2) is 0 Å². The number of nitrogens with zero attached hydrogens (tertiary/aromatic N) is 2. The average molecular weight is 311 g/mol. The number of allylic oxidation sites excluding steroid dienone is 1. The van der Waals surface area contributed by atoms with Crippen molar-refractivity contribution < 1.29 is 17.9 Å². The van der Waals surface area contributed by atoms with Gasteiger partial charge in [0.15, 0.2) is 5.54 Å². The molecule has 0 spiro atoms. The maximum Gasteiger partial charge on any atom is 0.435 e. The number of alkyl halides is 3. The van der Waals surface area contributed by atoms with Gasteiger partial charge in [0.05, 0.1) is 12.7 Å². The molecule has 2 unspecified atom stereocenters. The van der Waals surface area contributed by atoms with E-state index in [2.05, 4.69) is 5.32 Å². The van der Waals surface area contributed by atoms with Crippen LogP contribution in [0, 0.1) is 11.3 Å². The van der Waals surface area contributed by atoms with Gasteiger partial charge < -0.3 is 4.74 Å². The van der Waals surface area contributed by atoms with Crippen molar-refractivity contribution in [3.05, 3.63) is 24.0 Å². The van der Waals surface area contributed by atoms with Crippen LogP contribution in [-0.4, -0.2) is 41.0 Å². The van der Waals surface area contributed by atoms with E-state index < -0.39 is 17.3 Å². The molecule has 118 valence electrons. The Morgan fingerprint density at radius 1 is 1.36 bits per heavy atom. The fourth-order valence-corrected chi connectivity index (χ4v) is 4.27. The molecule has 0 aromatic heterocycles. The molecule has 3 aliphatic heterocycles. The van der Waals surface area contributed by atoms with Crippen LogP contribution in [0.1, 0.15) is 25.7 Å². The molecule has 2 bridgehead atoms. The van der Waals surface area contributed by atoms with Crippen LogP contribution in [0.15, 0.2) is 24.0 Å². The summed E-state index contributed by atoms with van der Waals surface area (Å²) in [6, 6.07) is 2.03. The van der Waals surface area contributed by atoms with Crippen molar-refractivity contribution in [2.45, 2.75) is 55.1 Å². The third-order valence-corrected chi connectivity index (χ3v) is 5.38. The van der Waals surface area contributed by atoms with E-state index in [9.17, 15) is 18.4 Å². The van der Waals surface area contributed by atoms with Crippen molar-refractivity contribution >= 4 is 0 Å². The van der Waals surface area contributed by atoms with Crippen LogP contribution in [0.25, 0.3) is 0 Å². The van der Waals surface area contributed by atoms with E-state index in [4.69, 9.17) is 4.74 Å². The van der Waals surface area contributed by atoms with E-state index in [1.807, 2.05) is 6.07 Å². The summed E-state index contributed by atoms with van der Waals surface area (Å²) in [6.07, 6.45) is 3.06. The topological polar surface area (TPSA) is 48.3 Å². The highest BCUT2D eigenvalue weighted by Crippen LogP contribution is 2.56. The molecule has 2 fully saturated rings. The van der Waals surface area contributed by atoms with Crippen molar-refractivity contribution in [1.29, 1.82) is 5.26 Å². The van der Waals surface area contributed by atoms with Crippen LogP contribution in [0.4, 0.5) is 13.2 Å². The fourth-order valence-electron chi connectivity index (χ4n) is 4.27. The Kier molecular flexibility index (Phi) is 2.73. The molecule has 0 aromatic carbocycles. The molecule has 5 rings (SSSR count). The van der Waals surface area contributed by atoms with Gasteiger partial charge in [-0.3, -0.25) is 10.2 Å². The lowest BCUT2D eigenvalue weighted by Crippen LogP contribution is -2.74. The number of nitriles is 1. The molecule has 5 aliphatic rings. The average Bonchev–Trinajstić information content (AvgIpc) is 2.89. The number of rotatable bonds is 1. The first-order valence-electron chi connectivity index (χ1n) is 7.53. The van der Waals surface area contributed by atoms with E-state index in [0.717, 1.165) is 31.8 Å². The lowest BCUT2D eigenvalue weighted by atomic mass is 9.70. The highest BCUT2D eigenvalue weighted by atomic mass is 19.4. The molecule has 0 radical (unpaired) electrons. The Morgan fingerprint density at radius 3 is 2.77 bits per heavy atom. The molecule has 1 saturated carbocycles. The second-order valence-electron chi connectivity index (χ2n) is 6.38. The molecule has 4 nitrogen and oxygen atoms in total. The molecule has 3 heterocycles. The SMILES string of the molecule is N#CC1(N2CN[C@@H]3CCCC[C@H]32)C=CC2=CC1(C(F)(F)F)O2. The fraction of sp³-hybridized carbons (Fsp3) is 0.667. The second kappa shape index (κ2) is 4.27. The third-order valence-electron chi connectivity index (χ3n) is 5.38. The third kappa shape index (κ3) is 1.49. The molecule has 1 N–H and O–H groups in total. The molecule has 0 amide bonds. The minimum atomic E-state index is -4.64. The number of fused-ring (bicyclic) bond motifs is 2. The summed E-state index contributed by atoms with van der Waals surface area (Å²) in [5, 5.41) is 13.0. The van der Waals surface area contributed by atoms with Gasteiger partial charge in [-0.1, -0.05) is 12.8 Å². The largest absolute Gasteiger partial charge is 0.470 e. The quantitative estimate of drug-likeness (QED) is 0.806. The zero-order valence-electron chi connectivity index (χ0n) is 11.9. The zero-order chi connectivity index (χ0) is 15.6. The molecule has 1 saturated heterocycles. The van der Waals surface area contributed by atoms with Crippen molar-refractivity contribution in [1.82, 2.24) is 10.2 Å². The molecule has 2 aliphatic carbocycles. The summed E-state index contributed by atoms with van der Waals surface area (Å²) in [4.78, 5) is 1.66. The van der Waals surface area contributed by atoms with Crippen LogP contribution >= 0.6 is 0 Å². The zero-order valence-corrected chi connectivity index (χ0v) is 11.9. The van der Waals surface area contributed by atoms with Crippen molar-refractivity contribution in [2.75, 3.05) is 6.67 Å².